The molecule has 3 aromatic carbocycles. The molecule has 0 heterocycles. The third kappa shape index (κ3) is 5.73. The molecule has 0 N–H and O–H groups in total. The summed E-state index contributed by atoms with van der Waals surface area (Å²) in [6, 6.07) is 25.8. The van der Waals surface area contributed by atoms with Gasteiger partial charge in [0.25, 0.3) is 0 Å². The maximum Gasteiger partial charge on any atom is 0.162 e. The Morgan fingerprint density at radius 1 is 0.800 bits per heavy atom. The van der Waals surface area contributed by atoms with Gasteiger partial charge < -0.3 is 9.47 Å². The number of benzene rings is 3. The molecule has 0 bridgehead atoms. The fourth-order valence-electron chi connectivity index (χ4n) is 3.92. The van der Waals surface area contributed by atoms with Crippen molar-refractivity contribution in [1.82, 2.24) is 0 Å². The van der Waals surface area contributed by atoms with Crippen LogP contribution in [0, 0.1) is 0 Å². The first kappa shape index (κ1) is 21.6. The lowest BCUT2D eigenvalue weighted by molar-refractivity contribution is 0.0716. The molecule has 30 heavy (non-hydrogen) atoms. The Balaban J connectivity index is 1.80. The number of rotatable bonds is 9. The van der Waals surface area contributed by atoms with Crippen LogP contribution in [0.3, 0.4) is 0 Å². The van der Waals surface area contributed by atoms with Gasteiger partial charge in [-0.25, -0.2) is 0 Å². The Kier molecular flexibility index (Phi) is 6.61. The highest BCUT2D eigenvalue weighted by Crippen LogP contribution is 2.38. The minimum atomic E-state index is -0.467. The molecule has 0 unspecified atom stereocenters. The molecular weight excluding hydrogens is 372 g/mol. The maximum atomic E-state index is 11.3. The predicted octanol–water partition coefficient (Wildman–Crippen LogP) is 6.60. The molecule has 0 aliphatic heterocycles. The lowest BCUT2D eigenvalue weighted by atomic mass is 9.76. The van der Waals surface area contributed by atoms with Crippen LogP contribution in [-0.4, -0.2) is 11.9 Å². The van der Waals surface area contributed by atoms with Crippen molar-refractivity contribution in [2.75, 3.05) is 0 Å². The third-order valence-corrected chi connectivity index (χ3v) is 5.15. The van der Waals surface area contributed by atoms with E-state index >= 15 is 0 Å². The fraction of sp³-hybridized carbons (Fsp3) is 0.296. The molecule has 0 aliphatic carbocycles. The van der Waals surface area contributed by atoms with Crippen molar-refractivity contribution >= 4 is 6.29 Å². The van der Waals surface area contributed by atoms with E-state index in [1.54, 1.807) is 18.2 Å². The van der Waals surface area contributed by atoms with Crippen molar-refractivity contribution in [3.63, 3.8) is 0 Å². The van der Waals surface area contributed by atoms with Gasteiger partial charge in [0.1, 0.15) is 18.5 Å². The maximum absolute atomic E-state index is 11.3. The minimum Gasteiger partial charge on any atom is -0.485 e. The number of carbonyl (C=O) groups is 1. The molecule has 0 aliphatic rings. The number of ether oxygens (including phenoxy) is 2. The molecule has 3 rings (SSSR count). The van der Waals surface area contributed by atoms with Gasteiger partial charge in [0, 0.05) is 5.56 Å². The van der Waals surface area contributed by atoms with Gasteiger partial charge in [0.15, 0.2) is 11.5 Å². The van der Waals surface area contributed by atoms with E-state index in [0.29, 0.717) is 23.7 Å². The first-order chi connectivity index (χ1) is 14.3. The molecule has 156 valence electrons. The topological polar surface area (TPSA) is 35.5 Å². The SMILES string of the molecule is CC(C)(CC(C)(C)c1ccccc1)Oc1cc(C=O)ccc1OCc1ccccc1. The van der Waals surface area contributed by atoms with Crippen LogP contribution in [0.5, 0.6) is 11.5 Å². The van der Waals surface area contributed by atoms with Crippen molar-refractivity contribution < 1.29 is 14.3 Å². The fourth-order valence-corrected chi connectivity index (χ4v) is 3.92. The van der Waals surface area contributed by atoms with Crippen molar-refractivity contribution in [2.24, 2.45) is 0 Å². The summed E-state index contributed by atoms with van der Waals surface area (Å²) >= 11 is 0. The van der Waals surface area contributed by atoms with Gasteiger partial charge in [0.2, 0.25) is 0 Å². The summed E-state index contributed by atoms with van der Waals surface area (Å²) in [5, 5.41) is 0. The normalized spacial score (nSPS) is 11.7. The highest BCUT2D eigenvalue weighted by Gasteiger charge is 2.32. The molecule has 0 spiro atoms. The van der Waals surface area contributed by atoms with E-state index in [0.717, 1.165) is 18.3 Å². The van der Waals surface area contributed by atoms with E-state index in [-0.39, 0.29) is 5.41 Å². The summed E-state index contributed by atoms with van der Waals surface area (Å²) in [6.07, 6.45) is 1.63. The van der Waals surface area contributed by atoms with E-state index in [1.807, 2.05) is 36.4 Å². The quantitative estimate of drug-likeness (QED) is 0.378. The highest BCUT2D eigenvalue weighted by atomic mass is 16.5. The van der Waals surface area contributed by atoms with E-state index in [9.17, 15) is 4.79 Å². The second-order valence-corrected chi connectivity index (χ2v) is 8.89. The van der Waals surface area contributed by atoms with Gasteiger partial charge in [-0.05, 0) is 55.0 Å². The molecule has 0 amide bonds. The van der Waals surface area contributed by atoms with Crippen molar-refractivity contribution in [2.45, 2.75) is 51.7 Å². The average molecular weight is 403 g/mol. The number of hydrogen-bond acceptors (Lipinski definition) is 3. The molecule has 3 nitrogen and oxygen atoms in total. The molecule has 0 aromatic heterocycles. The van der Waals surface area contributed by atoms with Crippen LogP contribution in [0.4, 0.5) is 0 Å². The molecule has 0 atom stereocenters. The zero-order valence-corrected chi connectivity index (χ0v) is 18.2. The van der Waals surface area contributed by atoms with Crippen LogP contribution >= 0.6 is 0 Å². The smallest absolute Gasteiger partial charge is 0.162 e. The zero-order valence-electron chi connectivity index (χ0n) is 18.2. The van der Waals surface area contributed by atoms with Gasteiger partial charge in [-0.3, -0.25) is 4.79 Å². The number of carbonyl (C=O) groups excluding carboxylic acids is 1. The van der Waals surface area contributed by atoms with Gasteiger partial charge in [-0.15, -0.1) is 0 Å². The van der Waals surface area contributed by atoms with E-state index in [4.69, 9.17) is 9.47 Å². The lowest BCUT2D eigenvalue weighted by Crippen LogP contribution is -2.36. The minimum absolute atomic E-state index is 0.0713. The Hall–Kier alpha value is -3.07. The van der Waals surface area contributed by atoms with Crippen molar-refractivity contribution in [3.8, 4) is 11.5 Å². The molecule has 0 saturated carbocycles. The Morgan fingerprint density at radius 3 is 2.07 bits per heavy atom. The zero-order chi connectivity index (χ0) is 21.6. The summed E-state index contributed by atoms with van der Waals surface area (Å²) in [5.41, 5.74) is 2.37. The number of hydrogen-bond donors (Lipinski definition) is 0. The van der Waals surface area contributed by atoms with Gasteiger partial charge in [0.05, 0.1) is 0 Å². The molecular formula is C27H30O3. The molecule has 0 fully saturated rings. The monoisotopic (exact) mass is 402 g/mol. The largest absolute Gasteiger partial charge is 0.485 e. The average Bonchev–Trinajstić information content (AvgIpc) is 2.73. The summed E-state index contributed by atoms with van der Waals surface area (Å²) in [6.45, 7) is 9.04. The highest BCUT2D eigenvalue weighted by molar-refractivity contribution is 5.76. The second-order valence-electron chi connectivity index (χ2n) is 8.89. The Labute approximate surface area is 179 Å². The predicted molar refractivity (Wildman–Crippen MR) is 121 cm³/mol. The second kappa shape index (κ2) is 9.17. The van der Waals surface area contributed by atoms with Crippen LogP contribution < -0.4 is 9.47 Å². The van der Waals surface area contributed by atoms with E-state index in [1.165, 1.54) is 5.56 Å². The third-order valence-electron chi connectivity index (χ3n) is 5.15. The standard InChI is InChI=1S/C27H30O3/c1-26(2,23-13-9-6-10-14-23)20-27(3,4)30-25-17-22(18-28)15-16-24(25)29-19-21-11-7-5-8-12-21/h5-18H,19-20H2,1-4H3. The summed E-state index contributed by atoms with van der Waals surface area (Å²) in [4.78, 5) is 11.3. The van der Waals surface area contributed by atoms with Crippen LogP contribution in [0.1, 0.15) is 55.6 Å². The molecule has 3 aromatic rings. The van der Waals surface area contributed by atoms with E-state index < -0.39 is 5.60 Å². The Bertz CT molecular complexity index is 960. The van der Waals surface area contributed by atoms with Crippen molar-refractivity contribution in [1.29, 1.82) is 0 Å². The first-order valence-electron chi connectivity index (χ1n) is 10.3. The Morgan fingerprint density at radius 2 is 1.43 bits per heavy atom. The van der Waals surface area contributed by atoms with Crippen LogP contribution in [0.2, 0.25) is 0 Å². The first-order valence-corrected chi connectivity index (χ1v) is 10.3. The lowest BCUT2D eigenvalue weighted by Gasteiger charge is -2.36. The van der Waals surface area contributed by atoms with Crippen LogP contribution in [0.15, 0.2) is 78.9 Å². The van der Waals surface area contributed by atoms with E-state index in [2.05, 4.69) is 52.0 Å². The van der Waals surface area contributed by atoms with Crippen LogP contribution in [-0.2, 0) is 12.0 Å². The summed E-state index contributed by atoms with van der Waals surface area (Å²) < 4.78 is 12.5. The van der Waals surface area contributed by atoms with Crippen molar-refractivity contribution in [3.05, 3.63) is 95.6 Å². The molecule has 0 saturated heterocycles. The summed E-state index contributed by atoms with van der Waals surface area (Å²) in [5.74, 6) is 1.22. The van der Waals surface area contributed by atoms with Gasteiger partial charge >= 0.3 is 0 Å². The number of aldehydes is 1. The van der Waals surface area contributed by atoms with Crippen LogP contribution in [0.25, 0.3) is 0 Å². The van der Waals surface area contributed by atoms with Gasteiger partial charge in [-0.2, -0.15) is 0 Å². The molecule has 3 heteroatoms. The molecule has 0 radical (unpaired) electrons. The van der Waals surface area contributed by atoms with Gasteiger partial charge in [-0.1, -0.05) is 74.5 Å². The summed E-state index contributed by atoms with van der Waals surface area (Å²) in [7, 11) is 0.